The number of aryl methyl sites for hydroxylation is 1. The van der Waals surface area contributed by atoms with Crippen molar-refractivity contribution in [3.63, 3.8) is 0 Å². The highest BCUT2D eigenvalue weighted by Crippen LogP contribution is 2.11. The Morgan fingerprint density at radius 1 is 1.50 bits per heavy atom. The zero-order valence-electron chi connectivity index (χ0n) is 10.5. The molecule has 0 atom stereocenters. The lowest BCUT2D eigenvalue weighted by Gasteiger charge is -2.22. The molecule has 0 unspecified atom stereocenters. The third kappa shape index (κ3) is 3.94. The van der Waals surface area contributed by atoms with Gasteiger partial charge in [0.25, 0.3) is 0 Å². The Kier molecular flexibility index (Phi) is 4.96. The molecule has 0 aliphatic carbocycles. The molecule has 0 aromatic carbocycles. The van der Waals surface area contributed by atoms with Crippen molar-refractivity contribution >= 4 is 0 Å². The van der Waals surface area contributed by atoms with Gasteiger partial charge in [-0.25, -0.2) is 0 Å². The molecule has 1 rings (SSSR count). The molecule has 1 aromatic rings. The standard InChI is InChI=1S/C12H23N3O/c1-4-7-15-11(5-6-14-15)8-13-9-12(2,3)10-16/h5-6,13,16H,4,7-10H2,1-3H3. The maximum atomic E-state index is 9.13. The Morgan fingerprint density at radius 2 is 2.25 bits per heavy atom. The minimum Gasteiger partial charge on any atom is -0.396 e. The summed E-state index contributed by atoms with van der Waals surface area (Å²) in [6.07, 6.45) is 2.93. The van der Waals surface area contributed by atoms with Gasteiger partial charge >= 0.3 is 0 Å². The first-order valence-corrected chi connectivity index (χ1v) is 5.91. The number of nitrogens with one attached hydrogen (secondary N) is 1. The third-order valence-electron chi connectivity index (χ3n) is 2.58. The van der Waals surface area contributed by atoms with Crippen molar-refractivity contribution in [2.24, 2.45) is 5.41 Å². The smallest absolute Gasteiger partial charge is 0.0522 e. The summed E-state index contributed by atoms with van der Waals surface area (Å²) in [6, 6.07) is 2.04. The van der Waals surface area contributed by atoms with Crippen molar-refractivity contribution in [3.05, 3.63) is 18.0 Å². The largest absolute Gasteiger partial charge is 0.396 e. The van der Waals surface area contributed by atoms with E-state index in [0.29, 0.717) is 0 Å². The van der Waals surface area contributed by atoms with E-state index in [4.69, 9.17) is 5.11 Å². The molecule has 4 nitrogen and oxygen atoms in total. The van der Waals surface area contributed by atoms with Crippen molar-refractivity contribution in [2.45, 2.75) is 40.3 Å². The first-order valence-electron chi connectivity index (χ1n) is 5.91. The molecule has 1 aromatic heterocycles. The van der Waals surface area contributed by atoms with Gasteiger partial charge in [0.2, 0.25) is 0 Å². The van der Waals surface area contributed by atoms with Crippen molar-refractivity contribution in [3.8, 4) is 0 Å². The fraction of sp³-hybridized carbons (Fsp3) is 0.750. The van der Waals surface area contributed by atoms with Crippen LogP contribution in [0.4, 0.5) is 0 Å². The maximum Gasteiger partial charge on any atom is 0.0522 e. The van der Waals surface area contributed by atoms with Crippen LogP contribution in [-0.4, -0.2) is 28.0 Å². The number of hydrogen-bond acceptors (Lipinski definition) is 3. The highest BCUT2D eigenvalue weighted by molar-refractivity contribution is 5.00. The van der Waals surface area contributed by atoms with Crippen LogP contribution in [0.5, 0.6) is 0 Å². The van der Waals surface area contributed by atoms with Crippen LogP contribution < -0.4 is 5.32 Å². The van der Waals surface area contributed by atoms with Crippen LogP contribution in [-0.2, 0) is 13.1 Å². The molecule has 0 saturated heterocycles. The minimum atomic E-state index is -0.0599. The predicted octanol–water partition coefficient (Wildman–Crippen LogP) is 1.40. The van der Waals surface area contributed by atoms with E-state index in [0.717, 1.165) is 26.1 Å². The number of rotatable bonds is 7. The summed E-state index contributed by atoms with van der Waals surface area (Å²) in [7, 11) is 0. The molecule has 0 aliphatic heterocycles. The van der Waals surface area contributed by atoms with Crippen molar-refractivity contribution < 1.29 is 5.11 Å². The van der Waals surface area contributed by atoms with Crippen LogP contribution in [0.1, 0.15) is 32.9 Å². The van der Waals surface area contributed by atoms with Gasteiger partial charge < -0.3 is 10.4 Å². The Morgan fingerprint density at radius 3 is 2.88 bits per heavy atom. The monoisotopic (exact) mass is 225 g/mol. The van der Waals surface area contributed by atoms with Gasteiger partial charge in [-0.05, 0) is 12.5 Å². The Balaban J connectivity index is 2.39. The normalized spacial score (nSPS) is 12.0. The fourth-order valence-corrected chi connectivity index (χ4v) is 1.51. The maximum absolute atomic E-state index is 9.13. The predicted molar refractivity (Wildman–Crippen MR) is 65.1 cm³/mol. The summed E-state index contributed by atoms with van der Waals surface area (Å²) in [5, 5.41) is 16.8. The summed E-state index contributed by atoms with van der Waals surface area (Å²) in [5.74, 6) is 0. The van der Waals surface area contributed by atoms with E-state index >= 15 is 0 Å². The molecule has 0 radical (unpaired) electrons. The number of aromatic nitrogens is 2. The Bertz CT molecular complexity index is 307. The minimum absolute atomic E-state index is 0.0599. The topological polar surface area (TPSA) is 50.1 Å². The quantitative estimate of drug-likeness (QED) is 0.737. The summed E-state index contributed by atoms with van der Waals surface area (Å²) in [5.41, 5.74) is 1.14. The van der Waals surface area contributed by atoms with Crippen LogP contribution in [0.2, 0.25) is 0 Å². The average Bonchev–Trinajstić information content (AvgIpc) is 2.66. The molecule has 16 heavy (non-hydrogen) atoms. The van der Waals surface area contributed by atoms with E-state index in [-0.39, 0.29) is 12.0 Å². The Labute approximate surface area is 97.7 Å². The molecule has 2 N–H and O–H groups in total. The van der Waals surface area contributed by atoms with E-state index in [9.17, 15) is 0 Å². The van der Waals surface area contributed by atoms with Gasteiger partial charge in [-0.3, -0.25) is 4.68 Å². The van der Waals surface area contributed by atoms with Crippen LogP contribution in [0.3, 0.4) is 0 Å². The van der Waals surface area contributed by atoms with Crippen LogP contribution in [0.25, 0.3) is 0 Å². The van der Waals surface area contributed by atoms with Crippen LogP contribution in [0.15, 0.2) is 12.3 Å². The van der Waals surface area contributed by atoms with Gasteiger partial charge in [-0.15, -0.1) is 0 Å². The van der Waals surface area contributed by atoms with Crippen molar-refractivity contribution in [2.75, 3.05) is 13.2 Å². The van der Waals surface area contributed by atoms with Crippen molar-refractivity contribution in [1.82, 2.24) is 15.1 Å². The lowest BCUT2D eigenvalue weighted by atomic mass is 9.95. The van der Waals surface area contributed by atoms with E-state index in [1.165, 1.54) is 5.69 Å². The summed E-state index contributed by atoms with van der Waals surface area (Å²) in [6.45, 7) is 9.02. The molecule has 0 fully saturated rings. The lowest BCUT2D eigenvalue weighted by Crippen LogP contribution is -2.32. The lowest BCUT2D eigenvalue weighted by molar-refractivity contribution is 0.156. The molecule has 0 bridgehead atoms. The van der Waals surface area contributed by atoms with Gasteiger partial charge in [-0.1, -0.05) is 20.8 Å². The van der Waals surface area contributed by atoms with Gasteiger partial charge in [0, 0.05) is 37.9 Å². The number of aliphatic hydroxyl groups excluding tert-OH is 1. The average molecular weight is 225 g/mol. The first-order chi connectivity index (χ1) is 7.59. The van der Waals surface area contributed by atoms with Crippen LogP contribution in [0, 0.1) is 5.41 Å². The summed E-state index contributed by atoms with van der Waals surface area (Å²) >= 11 is 0. The zero-order valence-corrected chi connectivity index (χ0v) is 10.5. The second-order valence-electron chi connectivity index (χ2n) is 4.97. The molecule has 0 amide bonds. The number of nitrogens with zero attached hydrogens (tertiary/aromatic N) is 2. The van der Waals surface area contributed by atoms with E-state index in [1.807, 2.05) is 30.8 Å². The summed E-state index contributed by atoms with van der Waals surface area (Å²) in [4.78, 5) is 0. The van der Waals surface area contributed by atoms with Crippen LogP contribution >= 0.6 is 0 Å². The molecule has 1 heterocycles. The number of hydrogen-bond donors (Lipinski definition) is 2. The summed E-state index contributed by atoms with van der Waals surface area (Å²) < 4.78 is 2.03. The van der Waals surface area contributed by atoms with Gasteiger partial charge in [0.05, 0.1) is 5.69 Å². The van der Waals surface area contributed by atoms with E-state index in [2.05, 4.69) is 17.3 Å². The van der Waals surface area contributed by atoms with E-state index in [1.54, 1.807) is 0 Å². The highest BCUT2D eigenvalue weighted by atomic mass is 16.3. The van der Waals surface area contributed by atoms with E-state index < -0.39 is 0 Å². The van der Waals surface area contributed by atoms with Gasteiger partial charge in [0.15, 0.2) is 0 Å². The zero-order chi connectivity index (χ0) is 12.0. The van der Waals surface area contributed by atoms with Gasteiger partial charge in [-0.2, -0.15) is 5.10 Å². The molecule has 92 valence electrons. The molecule has 0 saturated carbocycles. The molecule has 4 heteroatoms. The second kappa shape index (κ2) is 6.01. The SMILES string of the molecule is CCCn1nccc1CNCC(C)(C)CO. The highest BCUT2D eigenvalue weighted by Gasteiger charge is 2.15. The van der Waals surface area contributed by atoms with Crippen molar-refractivity contribution in [1.29, 1.82) is 0 Å². The second-order valence-corrected chi connectivity index (χ2v) is 4.97. The third-order valence-corrected chi connectivity index (χ3v) is 2.58. The molecule has 0 aliphatic rings. The first kappa shape index (κ1) is 13.2. The molecular formula is C12H23N3O. The molecule has 0 spiro atoms. The number of aliphatic hydroxyl groups is 1. The Hall–Kier alpha value is -0.870. The molecular weight excluding hydrogens is 202 g/mol. The fourth-order valence-electron chi connectivity index (χ4n) is 1.51. The van der Waals surface area contributed by atoms with Gasteiger partial charge in [0.1, 0.15) is 0 Å².